The molecule has 1 heterocycles. The molecule has 120 valence electrons. The predicted octanol–water partition coefficient (Wildman–Crippen LogP) is 4.94. The highest BCUT2D eigenvalue weighted by Gasteiger charge is 2.09. The molecule has 0 fully saturated rings. The number of ether oxygens (including phenoxy) is 1. The van der Waals surface area contributed by atoms with Gasteiger partial charge in [-0.1, -0.05) is 12.1 Å². The quantitative estimate of drug-likeness (QED) is 0.472. The van der Waals surface area contributed by atoms with E-state index in [2.05, 4.69) is 38.6 Å². The SMILES string of the molecule is CCOc1ccc(C=C(C#N)c2nc3ccc(C)cc3[nH]2)cc1I. The second-order valence-electron chi connectivity index (χ2n) is 5.40. The fourth-order valence-electron chi connectivity index (χ4n) is 2.45. The van der Waals surface area contributed by atoms with Gasteiger partial charge in [0.2, 0.25) is 0 Å². The Bertz CT molecular complexity index is 966. The molecular formula is C19H16IN3O. The summed E-state index contributed by atoms with van der Waals surface area (Å²) in [5, 5.41) is 9.52. The molecule has 0 saturated heterocycles. The van der Waals surface area contributed by atoms with Crippen molar-refractivity contribution in [2.24, 2.45) is 0 Å². The van der Waals surface area contributed by atoms with Crippen LogP contribution in [-0.4, -0.2) is 16.6 Å². The normalized spacial score (nSPS) is 11.5. The maximum atomic E-state index is 9.52. The van der Waals surface area contributed by atoms with E-state index in [-0.39, 0.29) is 0 Å². The number of H-pyrrole nitrogens is 1. The summed E-state index contributed by atoms with van der Waals surface area (Å²) in [6, 6.07) is 14.1. The Balaban J connectivity index is 1.99. The first kappa shape index (κ1) is 16.5. The number of nitrogens with zero attached hydrogens (tertiary/aromatic N) is 2. The van der Waals surface area contributed by atoms with Crippen LogP contribution in [0.4, 0.5) is 0 Å². The number of aromatic nitrogens is 2. The monoisotopic (exact) mass is 429 g/mol. The molecule has 0 aliphatic heterocycles. The Morgan fingerprint density at radius 1 is 1.33 bits per heavy atom. The first-order valence-corrected chi connectivity index (χ1v) is 8.69. The van der Waals surface area contributed by atoms with E-state index in [1.807, 2.05) is 56.3 Å². The van der Waals surface area contributed by atoms with Crippen LogP contribution in [0.15, 0.2) is 36.4 Å². The molecule has 0 spiro atoms. The van der Waals surface area contributed by atoms with Gasteiger partial charge in [0.25, 0.3) is 0 Å². The molecule has 0 saturated carbocycles. The maximum absolute atomic E-state index is 9.52. The fraction of sp³-hybridized carbons (Fsp3) is 0.158. The molecular weight excluding hydrogens is 413 g/mol. The number of hydrogen-bond donors (Lipinski definition) is 1. The van der Waals surface area contributed by atoms with Gasteiger partial charge in [0.1, 0.15) is 17.6 Å². The second-order valence-corrected chi connectivity index (χ2v) is 6.56. The third-order valence-electron chi connectivity index (χ3n) is 3.58. The van der Waals surface area contributed by atoms with Gasteiger partial charge in [0.15, 0.2) is 0 Å². The van der Waals surface area contributed by atoms with Crippen molar-refractivity contribution in [3.05, 3.63) is 56.9 Å². The molecule has 3 rings (SSSR count). The Labute approximate surface area is 154 Å². The van der Waals surface area contributed by atoms with E-state index in [1.54, 1.807) is 0 Å². The number of rotatable bonds is 4. The van der Waals surface area contributed by atoms with Gasteiger partial charge in [-0.3, -0.25) is 0 Å². The number of halogens is 1. The van der Waals surface area contributed by atoms with Gasteiger partial charge in [-0.25, -0.2) is 4.98 Å². The topological polar surface area (TPSA) is 61.7 Å². The summed E-state index contributed by atoms with van der Waals surface area (Å²) in [4.78, 5) is 7.74. The Morgan fingerprint density at radius 2 is 2.17 bits per heavy atom. The van der Waals surface area contributed by atoms with E-state index in [4.69, 9.17) is 4.74 Å². The van der Waals surface area contributed by atoms with Crippen LogP contribution in [0.3, 0.4) is 0 Å². The Kier molecular flexibility index (Phi) is 4.86. The van der Waals surface area contributed by atoms with Crippen LogP contribution in [0, 0.1) is 21.8 Å². The molecule has 0 aliphatic rings. The van der Waals surface area contributed by atoms with E-state index in [0.717, 1.165) is 31.5 Å². The maximum Gasteiger partial charge on any atom is 0.149 e. The first-order chi connectivity index (χ1) is 11.6. The third kappa shape index (κ3) is 3.44. The van der Waals surface area contributed by atoms with Gasteiger partial charge >= 0.3 is 0 Å². The van der Waals surface area contributed by atoms with Crippen molar-refractivity contribution in [2.45, 2.75) is 13.8 Å². The Hall–Kier alpha value is -2.33. The molecule has 0 atom stereocenters. The van der Waals surface area contributed by atoms with Gasteiger partial charge in [-0.2, -0.15) is 5.26 Å². The van der Waals surface area contributed by atoms with Crippen LogP contribution in [0.2, 0.25) is 0 Å². The van der Waals surface area contributed by atoms with Crippen LogP contribution in [0.1, 0.15) is 23.9 Å². The zero-order valence-corrected chi connectivity index (χ0v) is 15.6. The van der Waals surface area contributed by atoms with Crippen molar-refractivity contribution in [3.63, 3.8) is 0 Å². The minimum Gasteiger partial charge on any atom is -0.493 e. The first-order valence-electron chi connectivity index (χ1n) is 7.61. The molecule has 5 heteroatoms. The average Bonchev–Trinajstić information content (AvgIpc) is 2.98. The highest BCUT2D eigenvalue weighted by atomic mass is 127. The van der Waals surface area contributed by atoms with Crippen LogP contribution in [-0.2, 0) is 0 Å². The number of imidazole rings is 1. The predicted molar refractivity (Wildman–Crippen MR) is 105 cm³/mol. The lowest BCUT2D eigenvalue weighted by atomic mass is 10.1. The van der Waals surface area contributed by atoms with Gasteiger partial charge in [-0.15, -0.1) is 0 Å². The summed E-state index contributed by atoms with van der Waals surface area (Å²) >= 11 is 2.24. The highest BCUT2D eigenvalue weighted by Crippen LogP contribution is 2.25. The van der Waals surface area contributed by atoms with Crippen LogP contribution < -0.4 is 4.74 Å². The number of hydrogen-bond acceptors (Lipinski definition) is 3. The van der Waals surface area contributed by atoms with E-state index in [1.165, 1.54) is 0 Å². The van der Waals surface area contributed by atoms with Gasteiger partial charge < -0.3 is 9.72 Å². The summed E-state index contributed by atoms with van der Waals surface area (Å²) in [6.45, 7) is 4.62. The number of benzene rings is 2. The molecule has 0 amide bonds. The molecule has 0 radical (unpaired) electrons. The summed E-state index contributed by atoms with van der Waals surface area (Å²) in [5.74, 6) is 1.44. The summed E-state index contributed by atoms with van der Waals surface area (Å²) in [5.41, 5.74) is 4.39. The van der Waals surface area contributed by atoms with Crippen molar-refractivity contribution in [1.82, 2.24) is 9.97 Å². The van der Waals surface area contributed by atoms with Gasteiger partial charge in [0.05, 0.1) is 26.8 Å². The summed E-state index contributed by atoms with van der Waals surface area (Å²) in [7, 11) is 0. The summed E-state index contributed by atoms with van der Waals surface area (Å²) < 4.78 is 6.56. The van der Waals surface area contributed by atoms with Gasteiger partial charge in [-0.05, 0) is 77.9 Å². The average molecular weight is 429 g/mol. The third-order valence-corrected chi connectivity index (χ3v) is 4.42. The minimum atomic E-state index is 0.504. The van der Waals surface area contributed by atoms with Crippen molar-refractivity contribution < 1.29 is 4.74 Å². The number of nitriles is 1. The lowest BCUT2D eigenvalue weighted by Crippen LogP contribution is -1.94. The molecule has 1 aromatic heterocycles. The van der Waals surface area contributed by atoms with Crippen molar-refractivity contribution in [2.75, 3.05) is 6.61 Å². The molecule has 0 bridgehead atoms. The van der Waals surface area contributed by atoms with Crippen molar-refractivity contribution >= 4 is 45.3 Å². The van der Waals surface area contributed by atoms with E-state index in [9.17, 15) is 5.26 Å². The Morgan fingerprint density at radius 3 is 2.88 bits per heavy atom. The van der Waals surface area contributed by atoms with Crippen molar-refractivity contribution in [1.29, 1.82) is 5.26 Å². The molecule has 0 aliphatic carbocycles. The van der Waals surface area contributed by atoms with Crippen molar-refractivity contribution in [3.8, 4) is 11.8 Å². The standard InChI is InChI=1S/C19H16IN3O/c1-3-24-18-7-5-13(10-15(18)20)9-14(11-21)19-22-16-6-4-12(2)8-17(16)23-19/h4-10H,3H2,1-2H3,(H,22,23). The lowest BCUT2D eigenvalue weighted by molar-refractivity contribution is 0.338. The van der Waals surface area contributed by atoms with E-state index >= 15 is 0 Å². The molecule has 3 aromatic rings. The number of fused-ring (bicyclic) bond motifs is 1. The molecule has 0 unspecified atom stereocenters. The van der Waals surface area contributed by atoms with Crippen LogP contribution in [0.25, 0.3) is 22.7 Å². The van der Waals surface area contributed by atoms with Crippen LogP contribution >= 0.6 is 22.6 Å². The number of nitrogens with one attached hydrogen (secondary N) is 1. The summed E-state index contributed by atoms with van der Waals surface area (Å²) in [6.07, 6.45) is 1.84. The van der Waals surface area contributed by atoms with Crippen LogP contribution in [0.5, 0.6) is 5.75 Å². The lowest BCUT2D eigenvalue weighted by Gasteiger charge is -2.06. The zero-order valence-electron chi connectivity index (χ0n) is 13.4. The second kappa shape index (κ2) is 7.05. The molecule has 4 nitrogen and oxygen atoms in total. The van der Waals surface area contributed by atoms with E-state index in [0.29, 0.717) is 18.0 Å². The van der Waals surface area contributed by atoms with Gasteiger partial charge in [0, 0.05) is 0 Å². The molecule has 1 N–H and O–H groups in total. The minimum absolute atomic E-state index is 0.504. The highest BCUT2D eigenvalue weighted by molar-refractivity contribution is 14.1. The molecule has 24 heavy (non-hydrogen) atoms. The smallest absolute Gasteiger partial charge is 0.149 e. The largest absolute Gasteiger partial charge is 0.493 e. The fourth-order valence-corrected chi connectivity index (χ4v) is 3.15. The van der Waals surface area contributed by atoms with E-state index < -0.39 is 0 Å². The number of aryl methyl sites for hydroxylation is 1. The number of aromatic amines is 1. The zero-order chi connectivity index (χ0) is 17.1. The molecule has 2 aromatic carbocycles. The number of allylic oxidation sites excluding steroid dienone is 1.